The Kier molecular flexibility index (Phi) is 10.5. The van der Waals surface area contributed by atoms with E-state index in [4.69, 9.17) is 24.5 Å². The highest BCUT2D eigenvalue weighted by molar-refractivity contribution is 7.07. The summed E-state index contributed by atoms with van der Waals surface area (Å²) in [6, 6.07) is 6.02. The highest BCUT2D eigenvalue weighted by Crippen LogP contribution is 2.24. The van der Waals surface area contributed by atoms with Gasteiger partial charge in [-0.1, -0.05) is 5.21 Å². The molecule has 202 valence electrons. The predicted octanol–water partition coefficient (Wildman–Crippen LogP) is 3.36. The fourth-order valence-corrected chi connectivity index (χ4v) is 3.36. The number of aliphatic carboxylic acids is 2. The van der Waals surface area contributed by atoms with Gasteiger partial charge in [-0.15, -0.1) is 5.10 Å². The number of hydrogen-bond acceptors (Lipinski definition) is 8. The van der Waals surface area contributed by atoms with Crippen LogP contribution in [0.3, 0.4) is 0 Å². The Bertz CT molecular complexity index is 1110. The molecule has 10 nitrogen and oxygen atoms in total. The maximum Gasteiger partial charge on any atom is 0.490 e. The molecule has 0 amide bonds. The third kappa shape index (κ3) is 9.77. The summed E-state index contributed by atoms with van der Waals surface area (Å²) in [5, 5.41) is 30.5. The van der Waals surface area contributed by atoms with Gasteiger partial charge in [-0.05, 0) is 34.5 Å². The fourth-order valence-electron chi connectivity index (χ4n) is 2.69. The van der Waals surface area contributed by atoms with E-state index in [1.807, 2.05) is 16.8 Å². The number of ether oxygens (including phenoxy) is 1. The van der Waals surface area contributed by atoms with Crippen LogP contribution in [0.25, 0.3) is 11.3 Å². The zero-order valence-corrected chi connectivity index (χ0v) is 19.3. The van der Waals surface area contributed by atoms with Crippen molar-refractivity contribution in [3.63, 3.8) is 0 Å². The molecule has 0 saturated heterocycles. The monoisotopic (exact) mass is 555 g/mol. The second kappa shape index (κ2) is 13.1. The minimum atomic E-state index is -5.08. The molecule has 17 heteroatoms. The largest absolute Gasteiger partial charge is 0.490 e. The molecule has 3 N–H and O–H groups in total. The molecule has 1 aliphatic rings. The molecule has 0 aromatic carbocycles. The number of hydrogen-bond donors (Lipinski definition) is 3. The maximum absolute atomic E-state index is 10.6. The number of pyridine rings is 1. The molecule has 4 heterocycles. The third-order valence-corrected chi connectivity index (χ3v) is 5.12. The Labute approximate surface area is 208 Å². The van der Waals surface area contributed by atoms with Gasteiger partial charge in [0.2, 0.25) is 0 Å². The average molecular weight is 555 g/mol. The normalized spacial score (nSPS) is 14.9. The zero-order valence-electron chi connectivity index (χ0n) is 18.5. The fraction of sp³-hybridized carbons (Fsp3) is 0.350. The smallest absolute Gasteiger partial charge is 0.475 e. The van der Waals surface area contributed by atoms with E-state index in [1.54, 1.807) is 23.7 Å². The van der Waals surface area contributed by atoms with Crippen LogP contribution in [0.1, 0.15) is 11.3 Å². The number of carboxylic acids is 2. The molecule has 0 aliphatic carbocycles. The first kappa shape index (κ1) is 29.7. The van der Waals surface area contributed by atoms with Gasteiger partial charge in [0.25, 0.3) is 0 Å². The van der Waals surface area contributed by atoms with Crippen molar-refractivity contribution >= 4 is 23.3 Å². The molecule has 4 rings (SSSR count). The lowest BCUT2D eigenvalue weighted by Gasteiger charge is -2.24. The molecule has 0 saturated carbocycles. The van der Waals surface area contributed by atoms with E-state index in [0.717, 1.165) is 36.6 Å². The number of fused-ring (bicyclic) bond motifs is 1. The number of thiophene rings is 1. The summed E-state index contributed by atoms with van der Waals surface area (Å²) in [7, 11) is 0. The first-order chi connectivity index (χ1) is 17.3. The van der Waals surface area contributed by atoms with Gasteiger partial charge in [0.1, 0.15) is 5.69 Å². The lowest BCUT2D eigenvalue weighted by molar-refractivity contribution is -0.193. The first-order valence-electron chi connectivity index (χ1n) is 10.1. The number of halogens is 6. The molecule has 0 spiro atoms. The number of carbonyl (C=O) groups is 2. The lowest BCUT2D eigenvalue weighted by Crippen LogP contribution is -2.36. The van der Waals surface area contributed by atoms with Gasteiger partial charge in [0, 0.05) is 31.0 Å². The van der Waals surface area contributed by atoms with Crippen molar-refractivity contribution in [3.05, 3.63) is 52.6 Å². The summed E-state index contributed by atoms with van der Waals surface area (Å²) in [4.78, 5) is 21.8. The Morgan fingerprint density at radius 2 is 1.68 bits per heavy atom. The Morgan fingerprint density at radius 1 is 1.08 bits per heavy atom. The number of rotatable bonds is 5. The van der Waals surface area contributed by atoms with E-state index in [-0.39, 0.29) is 6.10 Å². The summed E-state index contributed by atoms with van der Waals surface area (Å²) in [6.45, 7) is 2.94. The van der Waals surface area contributed by atoms with Crippen LogP contribution in [0.4, 0.5) is 26.3 Å². The Balaban J connectivity index is 0.000000286. The van der Waals surface area contributed by atoms with Gasteiger partial charge in [-0.2, -0.15) is 37.7 Å². The molecule has 3 aromatic rings. The number of alkyl halides is 6. The van der Waals surface area contributed by atoms with Crippen molar-refractivity contribution in [2.45, 2.75) is 38.2 Å². The molecule has 3 aromatic heterocycles. The van der Waals surface area contributed by atoms with Crippen molar-refractivity contribution in [2.75, 3.05) is 6.54 Å². The second-order valence-electron chi connectivity index (χ2n) is 7.10. The standard InChI is InChI=1S/C16H17N5OS.2C2HF3O2/c1-4-17-5-2-13(1)16-15-10-22-14(9-21(15)20-19-16)8-18-7-12-3-6-23-11-12;2*3-2(4,5)1(6)7/h1-6,11,14,18H,7-10H2;2*(H,6,7). The van der Waals surface area contributed by atoms with Crippen LogP contribution in [0, 0.1) is 0 Å². The third-order valence-electron chi connectivity index (χ3n) is 4.39. The van der Waals surface area contributed by atoms with E-state index in [9.17, 15) is 26.3 Å². The highest BCUT2D eigenvalue weighted by atomic mass is 32.1. The van der Waals surface area contributed by atoms with Crippen molar-refractivity contribution in [1.29, 1.82) is 0 Å². The van der Waals surface area contributed by atoms with E-state index in [1.165, 1.54) is 5.56 Å². The van der Waals surface area contributed by atoms with Crippen molar-refractivity contribution < 1.29 is 50.9 Å². The summed E-state index contributed by atoms with van der Waals surface area (Å²) in [6.07, 6.45) is -6.52. The van der Waals surface area contributed by atoms with Crippen LogP contribution in [0.5, 0.6) is 0 Å². The van der Waals surface area contributed by atoms with Crippen LogP contribution < -0.4 is 5.32 Å². The minimum Gasteiger partial charge on any atom is -0.475 e. The van der Waals surface area contributed by atoms with Gasteiger partial charge in [-0.25, -0.2) is 14.3 Å². The Hall–Kier alpha value is -3.57. The molecular formula is C20H19F6N5O5S. The number of nitrogens with zero attached hydrogens (tertiary/aromatic N) is 4. The van der Waals surface area contributed by atoms with Crippen LogP contribution >= 0.6 is 11.3 Å². The predicted molar refractivity (Wildman–Crippen MR) is 115 cm³/mol. The van der Waals surface area contributed by atoms with Gasteiger partial charge in [0.05, 0.1) is 24.9 Å². The van der Waals surface area contributed by atoms with Crippen LogP contribution in [0.2, 0.25) is 0 Å². The van der Waals surface area contributed by atoms with Crippen LogP contribution in [-0.4, -0.2) is 67.1 Å². The first-order valence-corrected chi connectivity index (χ1v) is 11.0. The summed E-state index contributed by atoms with van der Waals surface area (Å²) >= 11 is 1.72. The van der Waals surface area contributed by atoms with E-state index < -0.39 is 24.3 Å². The zero-order chi connectivity index (χ0) is 27.6. The van der Waals surface area contributed by atoms with Crippen molar-refractivity contribution in [2.24, 2.45) is 0 Å². The summed E-state index contributed by atoms with van der Waals surface area (Å²) < 4.78 is 71.4. The molecule has 37 heavy (non-hydrogen) atoms. The van der Waals surface area contributed by atoms with Crippen molar-refractivity contribution in [1.82, 2.24) is 25.3 Å². The minimum absolute atomic E-state index is 0.119. The van der Waals surface area contributed by atoms with Crippen LogP contribution in [0.15, 0.2) is 41.4 Å². The van der Waals surface area contributed by atoms with Gasteiger partial charge >= 0.3 is 24.3 Å². The molecule has 1 unspecified atom stereocenters. The summed E-state index contributed by atoms with van der Waals surface area (Å²) in [5.41, 5.74) is 4.26. The number of nitrogens with one attached hydrogen (secondary N) is 1. The SMILES string of the molecule is O=C(O)C(F)(F)F.O=C(O)C(F)(F)F.c1cc(-c2nnn3c2COC(CNCc2ccsc2)C3)ccn1. The second-order valence-corrected chi connectivity index (χ2v) is 7.88. The van der Waals surface area contributed by atoms with E-state index in [0.29, 0.717) is 6.61 Å². The molecule has 1 atom stereocenters. The van der Waals surface area contributed by atoms with Crippen molar-refractivity contribution in [3.8, 4) is 11.3 Å². The van der Waals surface area contributed by atoms with Gasteiger partial charge < -0.3 is 20.3 Å². The topological polar surface area (TPSA) is 139 Å². The lowest BCUT2D eigenvalue weighted by atomic mass is 10.1. The Morgan fingerprint density at radius 3 is 2.19 bits per heavy atom. The van der Waals surface area contributed by atoms with E-state index in [2.05, 4.69) is 37.4 Å². The van der Waals surface area contributed by atoms with E-state index >= 15 is 0 Å². The molecule has 0 fully saturated rings. The van der Waals surface area contributed by atoms with Gasteiger partial charge in [-0.3, -0.25) is 4.98 Å². The molecule has 0 bridgehead atoms. The molecular weight excluding hydrogens is 536 g/mol. The molecule has 1 aliphatic heterocycles. The quantitative estimate of drug-likeness (QED) is 0.405. The number of carboxylic acid groups (broad SMARTS) is 2. The summed E-state index contributed by atoms with van der Waals surface area (Å²) in [5.74, 6) is -5.51. The average Bonchev–Trinajstić information content (AvgIpc) is 3.49. The molecule has 0 radical (unpaired) electrons. The number of aromatic nitrogens is 4. The van der Waals surface area contributed by atoms with Crippen LogP contribution in [-0.2, 0) is 34.0 Å². The van der Waals surface area contributed by atoms with Gasteiger partial charge in [0.15, 0.2) is 0 Å². The maximum atomic E-state index is 10.6. The highest BCUT2D eigenvalue weighted by Gasteiger charge is 2.38.